The summed E-state index contributed by atoms with van der Waals surface area (Å²) in [5, 5.41) is 13.3. The van der Waals surface area contributed by atoms with E-state index in [1.807, 2.05) is 44.3 Å². The number of H-pyrrole nitrogens is 1. The van der Waals surface area contributed by atoms with Crippen molar-refractivity contribution in [1.29, 1.82) is 0 Å². The fraction of sp³-hybridized carbons (Fsp3) is 0.292. The van der Waals surface area contributed by atoms with Crippen LogP contribution in [0.2, 0.25) is 0 Å². The maximum Gasteiger partial charge on any atom is 0.261 e. The first-order valence-electron chi connectivity index (χ1n) is 10.4. The van der Waals surface area contributed by atoms with Crippen LogP contribution in [0.5, 0.6) is 0 Å². The van der Waals surface area contributed by atoms with Gasteiger partial charge < -0.3 is 15.4 Å². The molecule has 160 valence electrons. The largest absolute Gasteiger partial charge is 0.394 e. The predicted molar refractivity (Wildman–Crippen MR) is 117 cm³/mol. The van der Waals surface area contributed by atoms with Gasteiger partial charge in [-0.25, -0.2) is 0 Å². The van der Waals surface area contributed by atoms with E-state index in [1.165, 1.54) is 23.1 Å². The summed E-state index contributed by atoms with van der Waals surface area (Å²) in [7, 11) is 0. The molecular formula is C24H25N3O4. The predicted octanol–water partition coefficient (Wildman–Crippen LogP) is 2.75. The highest BCUT2D eigenvalue weighted by molar-refractivity contribution is 6.22. The average molecular weight is 419 g/mol. The summed E-state index contributed by atoms with van der Waals surface area (Å²) in [6, 6.07) is 12.0. The molecular weight excluding hydrogens is 394 g/mol. The second-order valence-electron chi connectivity index (χ2n) is 8.14. The number of nitrogens with one attached hydrogen (secondary N) is 2. The number of aromatic nitrogens is 1. The smallest absolute Gasteiger partial charge is 0.261 e. The number of aromatic amines is 1. The molecule has 0 aliphatic carbocycles. The van der Waals surface area contributed by atoms with Crippen molar-refractivity contribution in [2.75, 3.05) is 13.2 Å². The molecule has 0 bridgehead atoms. The van der Waals surface area contributed by atoms with E-state index < -0.39 is 5.91 Å². The molecule has 7 heteroatoms. The molecule has 3 aromatic rings. The van der Waals surface area contributed by atoms with Gasteiger partial charge in [0.15, 0.2) is 0 Å². The van der Waals surface area contributed by atoms with Gasteiger partial charge in [0.05, 0.1) is 23.8 Å². The van der Waals surface area contributed by atoms with E-state index in [0.717, 1.165) is 16.5 Å². The van der Waals surface area contributed by atoms with Crippen molar-refractivity contribution in [3.05, 3.63) is 70.9 Å². The highest BCUT2D eigenvalue weighted by Gasteiger charge is 2.36. The van der Waals surface area contributed by atoms with Gasteiger partial charge in [0.2, 0.25) is 0 Å². The Morgan fingerprint density at radius 2 is 1.84 bits per heavy atom. The van der Waals surface area contributed by atoms with Crippen molar-refractivity contribution in [3.63, 3.8) is 0 Å². The van der Waals surface area contributed by atoms with Crippen LogP contribution in [0.15, 0.2) is 48.7 Å². The molecule has 0 fully saturated rings. The molecule has 0 saturated carbocycles. The van der Waals surface area contributed by atoms with Crippen LogP contribution < -0.4 is 5.32 Å². The van der Waals surface area contributed by atoms with Gasteiger partial charge in [0, 0.05) is 29.2 Å². The molecule has 0 spiro atoms. The van der Waals surface area contributed by atoms with Crippen molar-refractivity contribution in [2.45, 2.75) is 26.3 Å². The third-order valence-corrected chi connectivity index (χ3v) is 5.83. The van der Waals surface area contributed by atoms with E-state index >= 15 is 0 Å². The van der Waals surface area contributed by atoms with E-state index in [9.17, 15) is 19.5 Å². The SMILES string of the molecule is CC(C)C(CO)NC(=O)c1ccc2c(c1)C(=O)N(CCc1c[nH]c3ccccc13)C2=O. The van der Waals surface area contributed by atoms with E-state index in [1.54, 1.807) is 0 Å². The lowest BCUT2D eigenvalue weighted by Gasteiger charge is -2.19. The third-order valence-electron chi connectivity index (χ3n) is 5.83. The minimum absolute atomic E-state index is 0.0617. The summed E-state index contributed by atoms with van der Waals surface area (Å²) in [6.45, 7) is 3.89. The number of rotatable bonds is 7. The maximum atomic E-state index is 12.9. The Labute approximate surface area is 180 Å². The zero-order chi connectivity index (χ0) is 22.1. The number of para-hydroxylation sites is 1. The first-order valence-corrected chi connectivity index (χ1v) is 10.4. The van der Waals surface area contributed by atoms with Crippen LogP contribution in [-0.2, 0) is 6.42 Å². The number of imide groups is 1. The number of aliphatic hydroxyl groups is 1. The van der Waals surface area contributed by atoms with E-state index in [0.29, 0.717) is 12.0 Å². The molecule has 0 radical (unpaired) electrons. The van der Waals surface area contributed by atoms with Crippen LogP contribution in [-0.4, -0.2) is 51.9 Å². The number of benzene rings is 2. The summed E-state index contributed by atoms with van der Waals surface area (Å²) in [5.74, 6) is -1.06. The molecule has 3 N–H and O–H groups in total. The summed E-state index contributed by atoms with van der Waals surface area (Å²) in [4.78, 5) is 42.7. The first kappa shape index (κ1) is 20.8. The van der Waals surface area contributed by atoms with Crippen LogP contribution in [0.4, 0.5) is 0 Å². The monoisotopic (exact) mass is 419 g/mol. The second-order valence-corrected chi connectivity index (χ2v) is 8.14. The van der Waals surface area contributed by atoms with Gasteiger partial charge in [0.1, 0.15) is 0 Å². The zero-order valence-corrected chi connectivity index (χ0v) is 17.5. The van der Waals surface area contributed by atoms with Crippen molar-refractivity contribution in [1.82, 2.24) is 15.2 Å². The minimum Gasteiger partial charge on any atom is -0.394 e. The summed E-state index contributed by atoms with van der Waals surface area (Å²) >= 11 is 0. The standard InChI is InChI=1S/C24H25N3O4/c1-14(2)21(13-28)26-22(29)15-7-8-18-19(11-15)24(31)27(23(18)30)10-9-16-12-25-20-6-4-3-5-17(16)20/h3-8,11-12,14,21,25,28H,9-10,13H2,1-2H3,(H,26,29). The number of nitrogens with zero attached hydrogens (tertiary/aromatic N) is 1. The molecule has 1 aliphatic heterocycles. The third kappa shape index (κ3) is 3.84. The van der Waals surface area contributed by atoms with Crippen molar-refractivity contribution in [2.24, 2.45) is 5.92 Å². The molecule has 31 heavy (non-hydrogen) atoms. The molecule has 3 amide bonds. The number of hydrogen-bond donors (Lipinski definition) is 3. The van der Waals surface area contributed by atoms with Crippen molar-refractivity contribution >= 4 is 28.6 Å². The molecule has 1 aromatic heterocycles. The fourth-order valence-electron chi connectivity index (χ4n) is 3.88. The Balaban J connectivity index is 1.50. The van der Waals surface area contributed by atoms with Gasteiger partial charge in [-0.3, -0.25) is 19.3 Å². The molecule has 0 saturated heterocycles. The number of aliphatic hydroxyl groups excluding tert-OH is 1. The molecule has 1 unspecified atom stereocenters. The lowest BCUT2D eigenvalue weighted by molar-refractivity contribution is 0.0656. The molecule has 1 aliphatic rings. The molecule has 2 aromatic carbocycles. The second kappa shape index (κ2) is 8.35. The van der Waals surface area contributed by atoms with E-state index in [-0.39, 0.29) is 48.1 Å². The summed E-state index contributed by atoms with van der Waals surface area (Å²) < 4.78 is 0. The van der Waals surface area contributed by atoms with Crippen LogP contribution in [0.25, 0.3) is 10.9 Å². The maximum absolute atomic E-state index is 12.9. The number of carbonyl (C=O) groups is 3. The van der Waals surface area contributed by atoms with Gasteiger partial charge in [-0.05, 0) is 42.2 Å². The lowest BCUT2D eigenvalue weighted by Crippen LogP contribution is -2.41. The molecule has 1 atom stereocenters. The van der Waals surface area contributed by atoms with Crippen LogP contribution in [0, 0.1) is 5.92 Å². The lowest BCUT2D eigenvalue weighted by atomic mass is 10.0. The van der Waals surface area contributed by atoms with Crippen LogP contribution in [0.1, 0.15) is 50.5 Å². The minimum atomic E-state index is -0.392. The van der Waals surface area contributed by atoms with Gasteiger partial charge in [-0.2, -0.15) is 0 Å². The molecule has 4 rings (SSSR count). The zero-order valence-electron chi connectivity index (χ0n) is 17.5. The molecule has 7 nitrogen and oxygen atoms in total. The Morgan fingerprint density at radius 3 is 2.58 bits per heavy atom. The highest BCUT2D eigenvalue weighted by Crippen LogP contribution is 2.25. The van der Waals surface area contributed by atoms with Gasteiger partial charge in [-0.1, -0.05) is 32.0 Å². The quantitative estimate of drug-likeness (QED) is 0.513. The first-order chi connectivity index (χ1) is 14.9. The fourth-order valence-corrected chi connectivity index (χ4v) is 3.88. The number of fused-ring (bicyclic) bond motifs is 2. The molecule has 2 heterocycles. The van der Waals surface area contributed by atoms with E-state index in [2.05, 4.69) is 10.3 Å². The van der Waals surface area contributed by atoms with E-state index in [4.69, 9.17) is 0 Å². The Kier molecular flexibility index (Phi) is 5.61. The summed E-state index contributed by atoms with van der Waals surface area (Å²) in [5.41, 5.74) is 2.89. The van der Waals surface area contributed by atoms with Gasteiger partial charge >= 0.3 is 0 Å². The summed E-state index contributed by atoms with van der Waals surface area (Å²) in [6.07, 6.45) is 2.44. The Hall–Kier alpha value is -3.45. The Morgan fingerprint density at radius 1 is 1.10 bits per heavy atom. The van der Waals surface area contributed by atoms with Crippen LogP contribution >= 0.6 is 0 Å². The topological polar surface area (TPSA) is 102 Å². The number of hydrogen-bond acceptors (Lipinski definition) is 4. The normalized spacial score (nSPS) is 14.4. The van der Waals surface area contributed by atoms with Crippen molar-refractivity contribution < 1.29 is 19.5 Å². The van der Waals surface area contributed by atoms with Gasteiger partial charge in [0.25, 0.3) is 17.7 Å². The number of amides is 3. The van der Waals surface area contributed by atoms with Crippen LogP contribution in [0.3, 0.4) is 0 Å². The van der Waals surface area contributed by atoms with Crippen molar-refractivity contribution in [3.8, 4) is 0 Å². The highest BCUT2D eigenvalue weighted by atomic mass is 16.3. The number of carbonyl (C=O) groups excluding carboxylic acids is 3. The Bertz CT molecular complexity index is 1160. The van der Waals surface area contributed by atoms with Gasteiger partial charge in [-0.15, -0.1) is 0 Å². The average Bonchev–Trinajstić information content (AvgIpc) is 3.29.